The summed E-state index contributed by atoms with van der Waals surface area (Å²) in [5.41, 5.74) is 12.0. The molecule has 0 aliphatic carbocycles. The van der Waals surface area contributed by atoms with Crippen molar-refractivity contribution in [2.24, 2.45) is 0 Å². The molecular formula is C43H65O3P. The molecule has 0 saturated carbocycles. The van der Waals surface area contributed by atoms with Gasteiger partial charge >= 0.3 is 8.60 Å². The first kappa shape index (κ1) is 39.3. The molecule has 47 heavy (non-hydrogen) atoms. The lowest BCUT2D eigenvalue weighted by atomic mass is 9.80. The van der Waals surface area contributed by atoms with Crippen LogP contribution in [-0.4, -0.2) is 9.79 Å². The zero-order chi connectivity index (χ0) is 33.9. The summed E-state index contributed by atoms with van der Waals surface area (Å²) in [6.07, 6.45) is 23.2. The van der Waals surface area contributed by atoms with E-state index < -0.39 is 8.60 Å². The van der Waals surface area contributed by atoms with Crippen LogP contribution in [0.2, 0.25) is 0 Å². The van der Waals surface area contributed by atoms with E-state index in [-0.39, 0.29) is 0 Å². The molecule has 0 heterocycles. The number of hydrogen-bond donors (Lipinski definition) is 2. The van der Waals surface area contributed by atoms with Crippen molar-refractivity contribution in [3.63, 3.8) is 0 Å². The van der Waals surface area contributed by atoms with Gasteiger partial charge in [0.1, 0.15) is 5.75 Å². The summed E-state index contributed by atoms with van der Waals surface area (Å²) in [5, 5.41) is 0. The third-order valence-electron chi connectivity index (χ3n) is 9.73. The lowest BCUT2D eigenvalue weighted by Gasteiger charge is -2.25. The van der Waals surface area contributed by atoms with E-state index in [9.17, 15) is 9.79 Å². The van der Waals surface area contributed by atoms with Gasteiger partial charge in [-0.1, -0.05) is 141 Å². The van der Waals surface area contributed by atoms with Crippen molar-refractivity contribution in [2.45, 2.75) is 163 Å². The van der Waals surface area contributed by atoms with Gasteiger partial charge in [-0.2, -0.15) is 0 Å². The smallest absolute Gasteiger partial charge is 0.391 e. The van der Waals surface area contributed by atoms with Gasteiger partial charge in [0.2, 0.25) is 0 Å². The molecule has 260 valence electrons. The number of rotatable bonds is 24. The summed E-state index contributed by atoms with van der Waals surface area (Å²) < 4.78 is 5.99. The van der Waals surface area contributed by atoms with E-state index in [1.54, 1.807) is 0 Å². The van der Waals surface area contributed by atoms with Crippen LogP contribution in [0, 0.1) is 0 Å². The number of aryl methyl sites for hydroxylation is 3. The standard InChI is InChI=1S/C43H65O3P/c1-6-11-16-23-34-26-21-30-39(37(34)28-19-14-9-4)42-36(25-18-13-8-3)32-33-41(46-47(44)45)43(42)40-31-22-27-35(24-17-12-7-2)38(40)29-20-15-10-5/h21-22,26-27,30-33,44-45H,6-20,23-25,28-29H2,1-5H3. The summed E-state index contributed by atoms with van der Waals surface area (Å²) >= 11 is 0. The highest BCUT2D eigenvalue weighted by Gasteiger charge is 2.25. The Labute approximate surface area is 289 Å². The van der Waals surface area contributed by atoms with Crippen LogP contribution in [0.15, 0.2) is 48.5 Å². The topological polar surface area (TPSA) is 49.7 Å². The number of hydrogen-bond acceptors (Lipinski definition) is 3. The predicted octanol–water partition coefficient (Wildman–Crippen LogP) is 13.3. The number of unbranched alkanes of at least 4 members (excludes halogenated alkanes) is 10. The molecule has 0 radical (unpaired) electrons. The van der Waals surface area contributed by atoms with Gasteiger partial charge in [0.25, 0.3) is 0 Å². The first-order valence-corrected chi connectivity index (χ1v) is 20.4. The van der Waals surface area contributed by atoms with Gasteiger partial charge in [0.15, 0.2) is 0 Å². The molecule has 3 nitrogen and oxygen atoms in total. The normalized spacial score (nSPS) is 11.5. The van der Waals surface area contributed by atoms with E-state index in [4.69, 9.17) is 4.52 Å². The molecule has 0 saturated heterocycles. The van der Waals surface area contributed by atoms with E-state index in [1.165, 1.54) is 128 Å². The van der Waals surface area contributed by atoms with Gasteiger partial charge in [-0.25, -0.2) is 0 Å². The summed E-state index contributed by atoms with van der Waals surface area (Å²) in [6, 6.07) is 18.0. The second-order valence-electron chi connectivity index (χ2n) is 13.5. The molecule has 0 bridgehead atoms. The minimum Gasteiger partial charge on any atom is -0.426 e. The van der Waals surface area contributed by atoms with Crippen LogP contribution in [0.1, 0.15) is 159 Å². The highest BCUT2D eigenvalue weighted by atomic mass is 31.2. The van der Waals surface area contributed by atoms with E-state index in [0.29, 0.717) is 5.75 Å². The van der Waals surface area contributed by atoms with E-state index in [1.807, 2.05) is 6.07 Å². The van der Waals surface area contributed by atoms with E-state index in [2.05, 4.69) is 77.1 Å². The molecule has 0 aromatic heterocycles. The minimum atomic E-state index is -2.57. The van der Waals surface area contributed by atoms with Crippen LogP contribution in [-0.2, 0) is 32.1 Å². The fraction of sp³-hybridized carbons (Fsp3) is 0.581. The Hall–Kier alpha value is -2.19. The average molecular weight is 661 g/mol. The summed E-state index contributed by atoms with van der Waals surface area (Å²) in [5.74, 6) is 0.591. The van der Waals surface area contributed by atoms with Crippen molar-refractivity contribution in [1.29, 1.82) is 0 Å². The Morgan fingerprint density at radius 3 is 1.28 bits per heavy atom. The van der Waals surface area contributed by atoms with Gasteiger partial charge in [0, 0.05) is 5.56 Å². The molecule has 3 aromatic rings. The lowest BCUT2D eigenvalue weighted by Crippen LogP contribution is -2.06. The molecule has 2 N–H and O–H groups in total. The first-order valence-electron chi connectivity index (χ1n) is 19.2. The van der Waals surface area contributed by atoms with Crippen molar-refractivity contribution in [2.75, 3.05) is 0 Å². The Morgan fingerprint density at radius 2 is 0.851 bits per heavy atom. The van der Waals surface area contributed by atoms with Gasteiger partial charge in [-0.3, -0.25) is 0 Å². The molecular weight excluding hydrogens is 595 g/mol. The molecule has 0 atom stereocenters. The van der Waals surface area contributed by atoms with Crippen molar-refractivity contribution >= 4 is 8.60 Å². The maximum Gasteiger partial charge on any atom is 0.391 e. The average Bonchev–Trinajstić information content (AvgIpc) is 3.06. The molecule has 3 rings (SSSR count). The van der Waals surface area contributed by atoms with Gasteiger partial charge in [0.05, 0.1) is 0 Å². The fourth-order valence-electron chi connectivity index (χ4n) is 7.17. The molecule has 0 amide bonds. The van der Waals surface area contributed by atoms with Crippen molar-refractivity contribution < 1.29 is 14.3 Å². The van der Waals surface area contributed by atoms with Crippen molar-refractivity contribution in [3.05, 3.63) is 76.3 Å². The Bertz CT molecular complexity index is 1310. The quantitative estimate of drug-likeness (QED) is 0.0742. The Balaban J connectivity index is 2.41. The van der Waals surface area contributed by atoms with Gasteiger partial charge < -0.3 is 14.3 Å². The largest absolute Gasteiger partial charge is 0.426 e. The van der Waals surface area contributed by atoms with Crippen LogP contribution in [0.3, 0.4) is 0 Å². The van der Waals surface area contributed by atoms with E-state index in [0.717, 1.165) is 50.5 Å². The SMILES string of the molecule is CCCCCc1cccc(-c2c(CCCCC)ccc(OP(O)O)c2-c2cccc(CCCCC)c2CCCCC)c1CCCCC. The summed E-state index contributed by atoms with van der Waals surface area (Å²) in [7, 11) is -2.57. The lowest BCUT2D eigenvalue weighted by molar-refractivity contribution is 0.375. The fourth-order valence-corrected chi connectivity index (χ4v) is 7.50. The van der Waals surface area contributed by atoms with Crippen LogP contribution >= 0.6 is 8.60 Å². The van der Waals surface area contributed by atoms with Crippen LogP contribution < -0.4 is 4.52 Å². The Kier molecular flexibility index (Phi) is 18.7. The molecule has 0 spiro atoms. The van der Waals surface area contributed by atoms with Crippen molar-refractivity contribution in [3.8, 4) is 28.0 Å². The maximum absolute atomic E-state index is 10.3. The molecule has 0 unspecified atom stereocenters. The minimum absolute atomic E-state index is 0.591. The third-order valence-corrected chi connectivity index (χ3v) is 10.1. The summed E-state index contributed by atoms with van der Waals surface area (Å²) in [4.78, 5) is 20.6. The highest BCUT2D eigenvalue weighted by Crippen LogP contribution is 2.48. The second-order valence-corrected chi connectivity index (χ2v) is 14.2. The van der Waals surface area contributed by atoms with Gasteiger partial charge in [-0.05, 0) is 115 Å². The maximum atomic E-state index is 10.3. The first-order chi connectivity index (χ1) is 23.0. The molecule has 0 aliphatic rings. The van der Waals surface area contributed by atoms with E-state index >= 15 is 0 Å². The third kappa shape index (κ3) is 12.0. The highest BCUT2D eigenvalue weighted by molar-refractivity contribution is 7.39. The van der Waals surface area contributed by atoms with Crippen LogP contribution in [0.4, 0.5) is 0 Å². The molecule has 0 aliphatic heterocycles. The Morgan fingerprint density at radius 1 is 0.447 bits per heavy atom. The monoisotopic (exact) mass is 660 g/mol. The molecule has 0 fully saturated rings. The van der Waals surface area contributed by atoms with Crippen molar-refractivity contribution in [1.82, 2.24) is 0 Å². The molecule has 3 aromatic carbocycles. The zero-order valence-corrected chi connectivity index (χ0v) is 31.4. The van der Waals surface area contributed by atoms with Gasteiger partial charge in [-0.15, -0.1) is 0 Å². The zero-order valence-electron chi connectivity index (χ0n) is 30.5. The summed E-state index contributed by atoms with van der Waals surface area (Å²) in [6.45, 7) is 11.4. The molecule has 4 heteroatoms. The number of benzene rings is 3. The van der Waals surface area contributed by atoms with Crippen LogP contribution in [0.5, 0.6) is 5.75 Å². The second kappa shape index (κ2) is 22.4. The van der Waals surface area contributed by atoms with Crippen LogP contribution in [0.25, 0.3) is 22.3 Å². The predicted molar refractivity (Wildman–Crippen MR) is 205 cm³/mol.